The minimum Gasteiger partial charge on any atom is -0.381 e. The van der Waals surface area contributed by atoms with Crippen molar-refractivity contribution in [1.29, 1.82) is 0 Å². The molecule has 0 aromatic carbocycles. The molecule has 2 unspecified atom stereocenters. The van der Waals surface area contributed by atoms with Gasteiger partial charge in [-0.1, -0.05) is 12.1 Å². The smallest absolute Gasteiger partial charge is 0.231 e. The average Bonchev–Trinajstić information content (AvgIpc) is 3.08. The first-order chi connectivity index (χ1) is 9.75. The molecule has 0 saturated carbocycles. The van der Waals surface area contributed by atoms with E-state index in [1.807, 2.05) is 6.92 Å². The molecule has 1 N–H and O–H groups in total. The number of nitrogens with zero attached hydrogens (tertiary/aromatic N) is 2. The number of hydrogen-bond acceptors (Lipinski definition) is 6. The summed E-state index contributed by atoms with van der Waals surface area (Å²) in [4.78, 5) is 4.66. The zero-order valence-corrected chi connectivity index (χ0v) is 12.2. The summed E-state index contributed by atoms with van der Waals surface area (Å²) in [5.74, 6) is 2.27. The highest BCUT2D eigenvalue weighted by atomic mass is 16.5. The monoisotopic (exact) mass is 281 g/mol. The zero-order chi connectivity index (χ0) is 14.0. The summed E-state index contributed by atoms with van der Waals surface area (Å²) in [6, 6.07) is 0. The second-order valence-electron chi connectivity index (χ2n) is 5.74. The molecule has 3 heterocycles. The molecule has 0 radical (unpaired) electrons. The highest BCUT2D eigenvalue weighted by Crippen LogP contribution is 2.36. The van der Waals surface area contributed by atoms with Gasteiger partial charge in [-0.3, -0.25) is 0 Å². The van der Waals surface area contributed by atoms with Crippen molar-refractivity contribution >= 4 is 0 Å². The Morgan fingerprint density at radius 2 is 2.15 bits per heavy atom. The Morgan fingerprint density at radius 1 is 1.35 bits per heavy atom. The molecule has 0 aliphatic carbocycles. The molecule has 1 aromatic rings. The Hall–Kier alpha value is -0.980. The van der Waals surface area contributed by atoms with Crippen molar-refractivity contribution in [2.45, 2.75) is 38.2 Å². The standard InChI is InChI=1S/C14H23N3O3/c1-3-19-14(4-6-18-7-5-14)13-16-12(20-17-13)11-9-15-8-10(11)2/h10-11,15H,3-9H2,1-2H3. The molecule has 2 aliphatic heterocycles. The number of ether oxygens (including phenoxy) is 2. The van der Waals surface area contributed by atoms with Crippen molar-refractivity contribution in [3.8, 4) is 0 Å². The summed E-state index contributed by atoms with van der Waals surface area (Å²) in [6.45, 7) is 8.14. The first-order valence-electron chi connectivity index (χ1n) is 7.51. The third-order valence-electron chi connectivity index (χ3n) is 4.41. The molecule has 112 valence electrons. The maximum absolute atomic E-state index is 5.98. The van der Waals surface area contributed by atoms with Crippen molar-refractivity contribution in [2.75, 3.05) is 32.9 Å². The maximum atomic E-state index is 5.98. The van der Waals surface area contributed by atoms with Gasteiger partial charge in [-0.05, 0) is 19.4 Å². The van der Waals surface area contributed by atoms with Crippen LogP contribution in [-0.2, 0) is 15.1 Å². The van der Waals surface area contributed by atoms with Crippen LogP contribution >= 0.6 is 0 Å². The molecule has 0 bridgehead atoms. The molecule has 2 saturated heterocycles. The third-order valence-corrected chi connectivity index (χ3v) is 4.41. The predicted octanol–water partition coefficient (Wildman–Crippen LogP) is 1.43. The molecule has 20 heavy (non-hydrogen) atoms. The Labute approximate surface area is 119 Å². The van der Waals surface area contributed by atoms with E-state index in [4.69, 9.17) is 14.0 Å². The van der Waals surface area contributed by atoms with Crippen molar-refractivity contribution in [3.05, 3.63) is 11.7 Å². The van der Waals surface area contributed by atoms with Gasteiger partial charge in [0.2, 0.25) is 11.7 Å². The van der Waals surface area contributed by atoms with Crippen LogP contribution in [0.1, 0.15) is 44.3 Å². The summed E-state index contributed by atoms with van der Waals surface area (Å²) < 4.78 is 16.9. The molecule has 2 fully saturated rings. The van der Waals surface area contributed by atoms with Gasteiger partial charge in [0, 0.05) is 39.2 Å². The highest BCUT2D eigenvalue weighted by Gasteiger charge is 2.41. The second kappa shape index (κ2) is 5.79. The second-order valence-corrected chi connectivity index (χ2v) is 5.74. The normalized spacial score (nSPS) is 29.7. The van der Waals surface area contributed by atoms with Crippen LogP contribution in [0, 0.1) is 5.92 Å². The van der Waals surface area contributed by atoms with Crippen LogP contribution in [0.25, 0.3) is 0 Å². The van der Waals surface area contributed by atoms with Gasteiger partial charge in [0.15, 0.2) is 0 Å². The van der Waals surface area contributed by atoms with E-state index in [9.17, 15) is 0 Å². The lowest BCUT2D eigenvalue weighted by molar-refractivity contribution is -0.118. The summed E-state index contributed by atoms with van der Waals surface area (Å²) in [7, 11) is 0. The van der Waals surface area contributed by atoms with Gasteiger partial charge in [0.1, 0.15) is 5.60 Å². The van der Waals surface area contributed by atoms with Crippen molar-refractivity contribution in [1.82, 2.24) is 15.5 Å². The van der Waals surface area contributed by atoms with E-state index < -0.39 is 5.60 Å². The minimum atomic E-state index is -0.427. The molecule has 0 amide bonds. The Kier molecular flexibility index (Phi) is 4.05. The lowest BCUT2D eigenvalue weighted by Gasteiger charge is -2.33. The predicted molar refractivity (Wildman–Crippen MR) is 72.4 cm³/mol. The molecule has 6 heteroatoms. The fraction of sp³-hybridized carbons (Fsp3) is 0.857. The number of rotatable bonds is 4. The van der Waals surface area contributed by atoms with E-state index in [0.717, 1.165) is 31.8 Å². The fourth-order valence-electron chi connectivity index (χ4n) is 3.12. The Morgan fingerprint density at radius 3 is 2.80 bits per heavy atom. The molecular weight excluding hydrogens is 258 g/mol. The Bertz CT molecular complexity index is 437. The van der Waals surface area contributed by atoms with Gasteiger partial charge in [-0.15, -0.1) is 0 Å². The topological polar surface area (TPSA) is 69.4 Å². The van der Waals surface area contributed by atoms with E-state index in [2.05, 4.69) is 22.4 Å². The maximum Gasteiger partial charge on any atom is 0.231 e. The average molecular weight is 281 g/mol. The summed E-state index contributed by atoms with van der Waals surface area (Å²) in [6.07, 6.45) is 1.58. The molecular formula is C14H23N3O3. The molecule has 2 aliphatic rings. The summed E-state index contributed by atoms with van der Waals surface area (Å²) in [5.41, 5.74) is -0.427. The van der Waals surface area contributed by atoms with Gasteiger partial charge < -0.3 is 19.3 Å². The first kappa shape index (κ1) is 14.0. The summed E-state index contributed by atoms with van der Waals surface area (Å²) in [5, 5.41) is 7.58. The van der Waals surface area contributed by atoms with Crippen LogP contribution in [0.4, 0.5) is 0 Å². The number of hydrogen-bond donors (Lipinski definition) is 1. The molecule has 0 spiro atoms. The van der Waals surface area contributed by atoms with E-state index in [0.29, 0.717) is 37.5 Å². The van der Waals surface area contributed by atoms with Crippen LogP contribution in [0.15, 0.2) is 4.52 Å². The van der Waals surface area contributed by atoms with Gasteiger partial charge in [-0.2, -0.15) is 4.98 Å². The van der Waals surface area contributed by atoms with Gasteiger partial charge in [0.25, 0.3) is 0 Å². The first-order valence-corrected chi connectivity index (χ1v) is 7.51. The van der Waals surface area contributed by atoms with Gasteiger partial charge in [0.05, 0.1) is 5.92 Å². The van der Waals surface area contributed by atoms with E-state index in [1.54, 1.807) is 0 Å². The fourth-order valence-corrected chi connectivity index (χ4v) is 3.12. The number of aromatic nitrogens is 2. The molecule has 6 nitrogen and oxygen atoms in total. The lowest BCUT2D eigenvalue weighted by Crippen LogP contribution is -2.37. The minimum absolute atomic E-state index is 0.315. The van der Waals surface area contributed by atoms with Gasteiger partial charge >= 0.3 is 0 Å². The molecule has 2 atom stereocenters. The van der Waals surface area contributed by atoms with E-state index in [1.165, 1.54) is 0 Å². The van der Waals surface area contributed by atoms with Crippen molar-refractivity contribution < 1.29 is 14.0 Å². The molecule has 1 aromatic heterocycles. The Balaban J connectivity index is 1.83. The van der Waals surface area contributed by atoms with E-state index >= 15 is 0 Å². The highest BCUT2D eigenvalue weighted by molar-refractivity contribution is 5.07. The van der Waals surface area contributed by atoms with Crippen LogP contribution < -0.4 is 5.32 Å². The van der Waals surface area contributed by atoms with Crippen molar-refractivity contribution in [2.24, 2.45) is 5.92 Å². The number of nitrogens with one attached hydrogen (secondary N) is 1. The zero-order valence-electron chi connectivity index (χ0n) is 12.2. The van der Waals surface area contributed by atoms with Crippen LogP contribution in [0.3, 0.4) is 0 Å². The summed E-state index contributed by atoms with van der Waals surface area (Å²) >= 11 is 0. The van der Waals surface area contributed by atoms with Crippen LogP contribution in [0.5, 0.6) is 0 Å². The van der Waals surface area contributed by atoms with Crippen molar-refractivity contribution in [3.63, 3.8) is 0 Å². The third kappa shape index (κ3) is 2.47. The van der Waals surface area contributed by atoms with Crippen LogP contribution in [0.2, 0.25) is 0 Å². The quantitative estimate of drug-likeness (QED) is 0.900. The van der Waals surface area contributed by atoms with E-state index in [-0.39, 0.29) is 0 Å². The van der Waals surface area contributed by atoms with Crippen LogP contribution in [-0.4, -0.2) is 43.1 Å². The lowest BCUT2D eigenvalue weighted by atomic mass is 9.93. The largest absolute Gasteiger partial charge is 0.381 e. The van der Waals surface area contributed by atoms with Gasteiger partial charge in [-0.25, -0.2) is 0 Å². The SMILES string of the molecule is CCOC1(c2noc(C3CNCC3C)n2)CCOCC1. The molecule has 3 rings (SSSR count).